The molecule has 0 radical (unpaired) electrons. The van der Waals surface area contributed by atoms with Crippen LogP contribution in [-0.2, 0) is 19.2 Å². The molecular formula is C24H18N2O4. The molecule has 0 spiro atoms. The summed E-state index contributed by atoms with van der Waals surface area (Å²) < 4.78 is 0. The number of allylic oxidation sites excluding steroid dienone is 2. The van der Waals surface area contributed by atoms with Gasteiger partial charge < -0.3 is 0 Å². The Kier molecular flexibility index (Phi) is 3.46. The average Bonchev–Trinajstić information content (AvgIpc) is 3.22. The standard InChI is InChI=1S/C24H18N2O4/c27-21-17-15-11-12-16(18(17)22(28)25(21)13-7-3-1-4-8-13)20-19(15)23(29)26(24(20)30)14-9-5-2-6-10-14/h1-12,15-20H/t15?,16?,17-,18+,19-,20+. The highest BCUT2D eigenvalue weighted by Gasteiger charge is 2.68. The largest absolute Gasteiger partial charge is 0.274 e. The third kappa shape index (κ3) is 2.03. The SMILES string of the molecule is O=C1[C@@H]2C3C=CC([C@@H]2C(=O)N1c1ccccc1)[C@@H]1C(=O)N(c2ccccc2)C(=O)[C@H]31. The zero-order valence-corrected chi connectivity index (χ0v) is 15.9. The second kappa shape index (κ2) is 5.98. The molecule has 2 aromatic carbocycles. The molecule has 2 bridgehead atoms. The van der Waals surface area contributed by atoms with Crippen LogP contribution in [0.5, 0.6) is 0 Å². The van der Waals surface area contributed by atoms with Crippen LogP contribution in [0.4, 0.5) is 11.4 Å². The predicted molar refractivity (Wildman–Crippen MR) is 108 cm³/mol. The van der Waals surface area contributed by atoms with Crippen molar-refractivity contribution in [2.75, 3.05) is 9.80 Å². The number of rotatable bonds is 2. The van der Waals surface area contributed by atoms with Gasteiger partial charge in [-0.15, -0.1) is 0 Å². The number of carbonyl (C=O) groups is 4. The van der Waals surface area contributed by atoms with Crippen LogP contribution in [0.1, 0.15) is 0 Å². The maximum atomic E-state index is 13.3. The quantitative estimate of drug-likeness (QED) is 0.575. The molecule has 30 heavy (non-hydrogen) atoms. The third-order valence-electron chi connectivity index (χ3n) is 7.04. The van der Waals surface area contributed by atoms with Gasteiger partial charge in [0.25, 0.3) is 0 Å². The van der Waals surface area contributed by atoms with E-state index in [9.17, 15) is 19.2 Å². The van der Waals surface area contributed by atoms with Crippen LogP contribution in [0.2, 0.25) is 0 Å². The number of anilines is 2. The van der Waals surface area contributed by atoms with Crippen LogP contribution < -0.4 is 9.80 Å². The Morgan fingerprint density at radius 3 is 1.07 bits per heavy atom. The number of nitrogens with zero attached hydrogens (tertiary/aromatic N) is 2. The molecular weight excluding hydrogens is 380 g/mol. The van der Waals surface area contributed by atoms with E-state index < -0.39 is 35.5 Å². The smallest absolute Gasteiger partial charge is 0.238 e. The van der Waals surface area contributed by atoms with Crippen molar-refractivity contribution in [2.24, 2.45) is 35.5 Å². The zero-order chi connectivity index (χ0) is 20.6. The summed E-state index contributed by atoms with van der Waals surface area (Å²) in [6, 6.07) is 17.7. The van der Waals surface area contributed by atoms with Crippen LogP contribution in [0.15, 0.2) is 72.8 Å². The number of benzene rings is 2. The van der Waals surface area contributed by atoms with Gasteiger partial charge in [0.05, 0.1) is 35.0 Å². The predicted octanol–water partition coefficient (Wildman–Crippen LogP) is 2.41. The number of amides is 4. The minimum absolute atomic E-state index is 0.271. The van der Waals surface area contributed by atoms with Gasteiger partial charge in [-0.3, -0.25) is 29.0 Å². The first-order chi connectivity index (χ1) is 14.6. The molecule has 2 aliphatic heterocycles. The van der Waals surface area contributed by atoms with Crippen LogP contribution in [0, 0.1) is 35.5 Å². The molecule has 2 saturated heterocycles. The monoisotopic (exact) mass is 398 g/mol. The van der Waals surface area contributed by atoms with Crippen LogP contribution >= 0.6 is 0 Å². The highest BCUT2D eigenvalue weighted by molar-refractivity contribution is 6.26. The Morgan fingerprint density at radius 1 is 0.467 bits per heavy atom. The Labute approximate surface area is 172 Å². The van der Waals surface area contributed by atoms with E-state index >= 15 is 0 Å². The highest BCUT2D eigenvalue weighted by atomic mass is 16.2. The summed E-state index contributed by atoms with van der Waals surface area (Å²) in [6.07, 6.45) is 3.76. The molecule has 3 aliphatic carbocycles. The van der Waals surface area contributed by atoms with E-state index in [-0.39, 0.29) is 23.6 Å². The van der Waals surface area contributed by atoms with Crippen molar-refractivity contribution in [3.05, 3.63) is 72.8 Å². The molecule has 148 valence electrons. The molecule has 1 saturated carbocycles. The summed E-state index contributed by atoms with van der Waals surface area (Å²) in [4.78, 5) is 55.8. The van der Waals surface area contributed by atoms with Gasteiger partial charge in [0.15, 0.2) is 0 Å². The Balaban J connectivity index is 1.42. The maximum absolute atomic E-state index is 13.3. The summed E-state index contributed by atoms with van der Waals surface area (Å²) in [5.41, 5.74) is 1.07. The van der Waals surface area contributed by atoms with E-state index in [0.717, 1.165) is 0 Å². The van der Waals surface area contributed by atoms with Crippen LogP contribution in [0.25, 0.3) is 0 Å². The van der Waals surface area contributed by atoms with E-state index in [2.05, 4.69) is 0 Å². The number of hydrogen-bond acceptors (Lipinski definition) is 4. The van der Waals surface area contributed by atoms with Gasteiger partial charge in [-0.25, -0.2) is 0 Å². The Bertz CT molecular complexity index is 993. The van der Waals surface area contributed by atoms with E-state index in [4.69, 9.17) is 0 Å². The van der Waals surface area contributed by atoms with Gasteiger partial charge in [-0.05, 0) is 24.3 Å². The minimum atomic E-state index is -0.596. The van der Waals surface area contributed by atoms with Gasteiger partial charge in [-0.2, -0.15) is 0 Å². The average molecular weight is 398 g/mol. The van der Waals surface area contributed by atoms with E-state index in [1.54, 1.807) is 48.5 Å². The third-order valence-corrected chi connectivity index (χ3v) is 7.04. The van der Waals surface area contributed by atoms with Crippen molar-refractivity contribution in [3.8, 4) is 0 Å². The van der Waals surface area contributed by atoms with E-state index in [0.29, 0.717) is 11.4 Å². The molecule has 4 amide bonds. The molecule has 0 aromatic heterocycles. The lowest BCUT2D eigenvalue weighted by Gasteiger charge is -2.44. The van der Waals surface area contributed by atoms with E-state index in [1.807, 2.05) is 24.3 Å². The molecule has 6 nitrogen and oxygen atoms in total. The second-order valence-electron chi connectivity index (χ2n) is 8.34. The van der Waals surface area contributed by atoms with Gasteiger partial charge in [0, 0.05) is 11.8 Å². The van der Waals surface area contributed by atoms with Gasteiger partial charge in [0.2, 0.25) is 23.6 Å². The lowest BCUT2D eigenvalue weighted by atomic mass is 9.54. The minimum Gasteiger partial charge on any atom is -0.274 e. The normalized spacial score (nSPS) is 34.0. The van der Waals surface area contributed by atoms with Crippen molar-refractivity contribution in [2.45, 2.75) is 0 Å². The molecule has 0 N–H and O–H groups in total. The Morgan fingerprint density at radius 2 is 0.767 bits per heavy atom. The summed E-state index contributed by atoms with van der Waals surface area (Å²) in [5, 5.41) is 0. The fourth-order valence-electron chi connectivity index (χ4n) is 5.89. The van der Waals surface area contributed by atoms with Gasteiger partial charge in [0.1, 0.15) is 0 Å². The Hall–Kier alpha value is -3.54. The number of para-hydroxylation sites is 2. The molecule has 3 fully saturated rings. The fourth-order valence-corrected chi connectivity index (χ4v) is 5.89. The van der Waals surface area contributed by atoms with Crippen molar-refractivity contribution in [1.29, 1.82) is 0 Å². The van der Waals surface area contributed by atoms with E-state index in [1.165, 1.54) is 9.80 Å². The molecule has 2 heterocycles. The highest BCUT2D eigenvalue weighted by Crippen LogP contribution is 2.58. The first-order valence-corrected chi connectivity index (χ1v) is 10.1. The van der Waals surface area contributed by atoms with Crippen LogP contribution in [-0.4, -0.2) is 23.6 Å². The molecule has 5 aliphatic rings. The zero-order valence-electron chi connectivity index (χ0n) is 15.9. The molecule has 6 heteroatoms. The van der Waals surface area contributed by atoms with Crippen LogP contribution in [0.3, 0.4) is 0 Å². The lowest BCUT2D eigenvalue weighted by molar-refractivity contribution is -0.137. The summed E-state index contributed by atoms with van der Waals surface area (Å²) in [6.45, 7) is 0. The van der Waals surface area contributed by atoms with Crippen molar-refractivity contribution in [3.63, 3.8) is 0 Å². The number of carbonyl (C=O) groups excluding carboxylic acids is 4. The molecule has 4 atom stereocenters. The summed E-state index contributed by atoms with van der Waals surface area (Å²) in [7, 11) is 0. The maximum Gasteiger partial charge on any atom is 0.238 e. The molecule has 0 unspecified atom stereocenters. The summed E-state index contributed by atoms with van der Waals surface area (Å²) in [5.74, 6) is -4.36. The van der Waals surface area contributed by atoms with Crippen molar-refractivity contribution in [1.82, 2.24) is 0 Å². The topological polar surface area (TPSA) is 74.8 Å². The van der Waals surface area contributed by atoms with Gasteiger partial charge in [-0.1, -0.05) is 48.6 Å². The second-order valence-corrected chi connectivity index (χ2v) is 8.34. The summed E-state index contributed by atoms with van der Waals surface area (Å²) >= 11 is 0. The number of imide groups is 2. The van der Waals surface area contributed by atoms with Crippen molar-refractivity contribution < 1.29 is 19.2 Å². The lowest BCUT2D eigenvalue weighted by Crippen LogP contribution is -2.50. The molecule has 2 aromatic rings. The number of hydrogen-bond donors (Lipinski definition) is 0. The first-order valence-electron chi connectivity index (χ1n) is 10.1. The first kappa shape index (κ1) is 17.3. The fraction of sp³-hybridized carbons (Fsp3) is 0.250. The van der Waals surface area contributed by atoms with Gasteiger partial charge >= 0.3 is 0 Å². The van der Waals surface area contributed by atoms with Crippen molar-refractivity contribution >= 4 is 35.0 Å². The molecule has 7 rings (SSSR count).